The molecule has 0 aliphatic carbocycles. The molecule has 1 unspecified atom stereocenters. The molecule has 0 saturated carbocycles. The Bertz CT molecular complexity index is 679. The molecule has 2 rings (SSSR count). The molecule has 5 nitrogen and oxygen atoms in total. The highest BCUT2D eigenvalue weighted by Gasteiger charge is 2.19. The van der Waals surface area contributed by atoms with Gasteiger partial charge in [-0.1, -0.05) is 44.0 Å². The second kappa shape index (κ2) is 11.1. The number of carbonyl (C=O) groups is 1. The Labute approximate surface area is 167 Å². The zero-order valence-corrected chi connectivity index (χ0v) is 17.0. The van der Waals surface area contributed by atoms with E-state index in [9.17, 15) is 4.79 Å². The molecule has 1 aromatic carbocycles. The van der Waals surface area contributed by atoms with Gasteiger partial charge in [-0.15, -0.1) is 0 Å². The minimum atomic E-state index is -0.253. The molecule has 27 heavy (non-hydrogen) atoms. The van der Waals surface area contributed by atoms with E-state index < -0.39 is 0 Å². The van der Waals surface area contributed by atoms with Gasteiger partial charge in [-0.3, -0.25) is 9.79 Å². The summed E-state index contributed by atoms with van der Waals surface area (Å²) >= 11 is 5.90. The van der Waals surface area contributed by atoms with Crippen molar-refractivity contribution in [3.63, 3.8) is 0 Å². The van der Waals surface area contributed by atoms with Crippen molar-refractivity contribution in [1.29, 1.82) is 0 Å². The first-order valence-electron chi connectivity index (χ1n) is 9.71. The first kappa shape index (κ1) is 21.5. The van der Waals surface area contributed by atoms with Crippen molar-refractivity contribution >= 4 is 23.2 Å². The SMILES string of the molecule is CCCC/C(C(CC)=NCC1CCO1)=C(/N)C(=O)NCc1ccc(Cl)cc1. The van der Waals surface area contributed by atoms with Gasteiger partial charge in [-0.25, -0.2) is 0 Å². The maximum atomic E-state index is 12.6. The zero-order chi connectivity index (χ0) is 19.6. The van der Waals surface area contributed by atoms with Gasteiger partial charge in [0.1, 0.15) is 5.70 Å². The van der Waals surface area contributed by atoms with Crippen LogP contribution in [0.25, 0.3) is 0 Å². The topological polar surface area (TPSA) is 76.7 Å². The van der Waals surface area contributed by atoms with E-state index in [1.54, 1.807) is 12.1 Å². The van der Waals surface area contributed by atoms with E-state index in [4.69, 9.17) is 27.1 Å². The normalized spacial score (nSPS) is 17.9. The van der Waals surface area contributed by atoms with Crippen molar-refractivity contribution in [2.75, 3.05) is 13.2 Å². The van der Waals surface area contributed by atoms with Crippen molar-refractivity contribution in [1.82, 2.24) is 5.32 Å². The third-order valence-electron chi connectivity index (χ3n) is 4.68. The van der Waals surface area contributed by atoms with E-state index in [0.29, 0.717) is 18.1 Å². The Morgan fingerprint density at radius 3 is 2.59 bits per heavy atom. The number of halogens is 1. The highest BCUT2D eigenvalue weighted by molar-refractivity contribution is 6.30. The van der Waals surface area contributed by atoms with Crippen LogP contribution in [0, 0.1) is 0 Å². The number of benzene rings is 1. The summed E-state index contributed by atoms with van der Waals surface area (Å²) in [6.45, 7) is 6.03. The molecular formula is C21H30ClN3O2. The van der Waals surface area contributed by atoms with E-state index in [1.165, 1.54) is 0 Å². The summed E-state index contributed by atoms with van der Waals surface area (Å²) in [4.78, 5) is 17.3. The van der Waals surface area contributed by atoms with Crippen LogP contribution in [0.5, 0.6) is 0 Å². The summed E-state index contributed by atoms with van der Waals surface area (Å²) in [5, 5.41) is 3.57. The highest BCUT2D eigenvalue weighted by Crippen LogP contribution is 2.17. The van der Waals surface area contributed by atoms with E-state index in [0.717, 1.165) is 55.6 Å². The van der Waals surface area contributed by atoms with Crippen LogP contribution in [0.3, 0.4) is 0 Å². The number of nitrogens with one attached hydrogen (secondary N) is 1. The van der Waals surface area contributed by atoms with Crippen LogP contribution in [0.15, 0.2) is 40.5 Å². The molecule has 0 aromatic heterocycles. The maximum Gasteiger partial charge on any atom is 0.267 e. The first-order chi connectivity index (χ1) is 13.0. The van der Waals surface area contributed by atoms with Crippen LogP contribution in [-0.4, -0.2) is 30.9 Å². The lowest BCUT2D eigenvalue weighted by Crippen LogP contribution is -2.32. The van der Waals surface area contributed by atoms with Crippen LogP contribution in [-0.2, 0) is 16.1 Å². The monoisotopic (exact) mass is 391 g/mol. The van der Waals surface area contributed by atoms with Crippen LogP contribution in [0.4, 0.5) is 0 Å². The molecule has 1 aliphatic rings. The number of aliphatic imine (C=N–C) groups is 1. The largest absolute Gasteiger partial charge is 0.394 e. The molecule has 1 fully saturated rings. The molecule has 148 valence electrons. The summed E-state index contributed by atoms with van der Waals surface area (Å²) in [6, 6.07) is 7.38. The third kappa shape index (κ3) is 6.67. The second-order valence-electron chi connectivity index (χ2n) is 6.73. The minimum absolute atomic E-state index is 0.207. The molecule has 1 atom stereocenters. The molecular weight excluding hydrogens is 362 g/mol. The Kier molecular flexibility index (Phi) is 8.82. The number of hydrogen-bond donors (Lipinski definition) is 2. The summed E-state index contributed by atoms with van der Waals surface area (Å²) < 4.78 is 5.45. The Morgan fingerprint density at radius 2 is 2.04 bits per heavy atom. The molecule has 1 amide bonds. The fraction of sp³-hybridized carbons (Fsp3) is 0.524. The van der Waals surface area contributed by atoms with Gasteiger partial charge < -0.3 is 15.8 Å². The number of nitrogens with zero attached hydrogens (tertiary/aromatic N) is 1. The Balaban J connectivity index is 2.09. The number of hydrogen-bond acceptors (Lipinski definition) is 4. The van der Waals surface area contributed by atoms with Gasteiger partial charge in [0.05, 0.1) is 12.6 Å². The van der Waals surface area contributed by atoms with Gasteiger partial charge in [-0.2, -0.15) is 0 Å². The van der Waals surface area contributed by atoms with Gasteiger partial charge in [0.15, 0.2) is 0 Å². The van der Waals surface area contributed by atoms with Crippen LogP contribution >= 0.6 is 11.6 Å². The van der Waals surface area contributed by atoms with Crippen LogP contribution in [0.2, 0.25) is 5.02 Å². The molecule has 1 aliphatic heterocycles. The maximum absolute atomic E-state index is 12.6. The predicted octanol–water partition coefficient (Wildman–Crippen LogP) is 4.00. The van der Waals surface area contributed by atoms with Gasteiger partial charge in [0.25, 0.3) is 5.91 Å². The van der Waals surface area contributed by atoms with E-state index in [2.05, 4.69) is 12.2 Å². The summed E-state index contributed by atoms with van der Waals surface area (Å²) in [5.74, 6) is -0.253. The first-order valence-corrected chi connectivity index (χ1v) is 10.1. The molecule has 1 aromatic rings. The van der Waals surface area contributed by atoms with E-state index in [-0.39, 0.29) is 17.7 Å². The summed E-state index contributed by atoms with van der Waals surface area (Å²) in [5.41, 5.74) is 9.28. The number of carbonyl (C=O) groups excluding carboxylic acids is 1. The van der Waals surface area contributed by atoms with Crippen LogP contribution in [0.1, 0.15) is 51.5 Å². The molecule has 1 heterocycles. The highest BCUT2D eigenvalue weighted by atomic mass is 35.5. The summed E-state index contributed by atoms with van der Waals surface area (Å²) in [7, 11) is 0. The zero-order valence-electron chi connectivity index (χ0n) is 16.3. The standard InChI is InChI=1S/C21H30ClN3O2/c1-3-5-6-18(19(4-2)24-14-17-11-12-27-17)20(23)21(26)25-13-15-7-9-16(22)10-8-15/h7-10,17H,3-6,11-14,23H2,1-2H3,(H,25,26)/b20-18-,24-19?. The average Bonchev–Trinajstić information content (AvgIpc) is 2.64. The molecule has 0 bridgehead atoms. The molecule has 0 radical (unpaired) electrons. The van der Waals surface area contributed by atoms with Gasteiger partial charge in [0.2, 0.25) is 0 Å². The van der Waals surface area contributed by atoms with Gasteiger partial charge in [-0.05, 0) is 43.4 Å². The van der Waals surface area contributed by atoms with E-state index >= 15 is 0 Å². The number of allylic oxidation sites excluding steroid dienone is 1. The van der Waals surface area contributed by atoms with Crippen molar-refractivity contribution in [3.8, 4) is 0 Å². The fourth-order valence-corrected chi connectivity index (χ4v) is 2.99. The fourth-order valence-electron chi connectivity index (χ4n) is 2.87. The molecule has 0 spiro atoms. The van der Waals surface area contributed by atoms with Crippen molar-refractivity contribution in [2.45, 2.75) is 58.6 Å². The quantitative estimate of drug-likeness (QED) is 0.467. The van der Waals surface area contributed by atoms with Crippen molar-refractivity contribution in [3.05, 3.63) is 46.1 Å². The minimum Gasteiger partial charge on any atom is -0.394 e. The third-order valence-corrected chi connectivity index (χ3v) is 4.93. The lowest BCUT2D eigenvalue weighted by Gasteiger charge is -2.25. The smallest absolute Gasteiger partial charge is 0.267 e. The Hall–Kier alpha value is -1.85. The number of amides is 1. The van der Waals surface area contributed by atoms with Crippen molar-refractivity contribution in [2.24, 2.45) is 10.7 Å². The second-order valence-corrected chi connectivity index (χ2v) is 7.16. The van der Waals surface area contributed by atoms with Crippen LogP contribution < -0.4 is 11.1 Å². The van der Waals surface area contributed by atoms with E-state index in [1.807, 2.05) is 19.1 Å². The summed E-state index contributed by atoms with van der Waals surface area (Å²) in [6.07, 6.45) is 4.77. The number of ether oxygens (including phenoxy) is 1. The Morgan fingerprint density at radius 1 is 1.33 bits per heavy atom. The van der Waals surface area contributed by atoms with Gasteiger partial charge >= 0.3 is 0 Å². The molecule has 6 heteroatoms. The lowest BCUT2D eigenvalue weighted by atomic mass is 9.99. The molecule has 1 saturated heterocycles. The predicted molar refractivity (Wildman–Crippen MR) is 111 cm³/mol. The molecule has 3 N–H and O–H groups in total. The van der Waals surface area contributed by atoms with Crippen molar-refractivity contribution < 1.29 is 9.53 Å². The number of nitrogens with two attached hydrogens (primary N) is 1. The lowest BCUT2D eigenvalue weighted by molar-refractivity contribution is -0.117. The average molecular weight is 392 g/mol. The number of rotatable bonds is 10. The number of unbranched alkanes of at least 4 members (excludes halogenated alkanes) is 1. The van der Waals surface area contributed by atoms with Gasteiger partial charge in [0, 0.05) is 29.5 Å².